The fourth-order valence-corrected chi connectivity index (χ4v) is 5.34. The van der Waals surface area contributed by atoms with E-state index in [1.54, 1.807) is 6.07 Å². The Labute approximate surface area is 183 Å². The predicted octanol–water partition coefficient (Wildman–Crippen LogP) is 3.33. The molecule has 1 aliphatic heterocycles. The fourth-order valence-electron chi connectivity index (χ4n) is 3.42. The minimum atomic E-state index is -3.77. The van der Waals surface area contributed by atoms with Crippen LogP contribution in [0, 0.1) is 0 Å². The van der Waals surface area contributed by atoms with Gasteiger partial charge in [-0.2, -0.15) is 4.31 Å². The molecule has 8 heteroatoms. The summed E-state index contributed by atoms with van der Waals surface area (Å²) < 4.78 is 27.6. The molecule has 30 heavy (non-hydrogen) atoms. The second-order valence-electron chi connectivity index (χ2n) is 7.64. The van der Waals surface area contributed by atoms with Crippen molar-refractivity contribution >= 4 is 27.5 Å². The van der Waals surface area contributed by atoms with Crippen molar-refractivity contribution in [3.63, 3.8) is 0 Å². The summed E-state index contributed by atoms with van der Waals surface area (Å²) in [5.74, 6) is -0.339. The number of benzene rings is 2. The first kappa shape index (κ1) is 22.7. The summed E-state index contributed by atoms with van der Waals surface area (Å²) in [4.78, 5) is 14.8. The van der Waals surface area contributed by atoms with Gasteiger partial charge in [-0.3, -0.25) is 4.79 Å². The molecule has 2 aromatic carbocycles. The van der Waals surface area contributed by atoms with Gasteiger partial charge in [0.1, 0.15) is 4.90 Å². The van der Waals surface area contributed by atoms with E-state index in [0.29, 0.717) is 26.2 Å². The number of piperazine rings is 1. The Morgan fingerprint density at radius 3 is 2.33 bits per heavy atom. The summed E-state index contributed by atoms with van der Waals surface area (Å²) >= 11 is 6.22. The second kappa shape index (κ2) is 9.47. The molecule has 162 valence electrons. The third-order valence-electron chi connectivity index (χ3n) is 5.51. The summed E-state index contributed by atoms with van der Waals surface area (Å²) in [6.07, 6.45) is 0.955. The van der Waals surface area contributed by atoms with E-state index in [4.69, 9.17) is 11.6 Å². The molecule has 0 unspecified atom stereocenters. The van der Waals surface area contributed by atoms with E-state index in [0.717, 1.165) is 12.0 Å². The number of carbonyl (C=O) groups is 1. The van der Waals surface area contributed by atoms with Crippen LogP contribution in [0.4, 0.5) is 0 Å². The van der Waals surface area contributed by atoms with E-state index in [2.05, 4.69) is 17.1 Å². The van der Waals surface area contributed by atoms with Crippen molar-refractivity contribution in [2.75, 3.05) is 33.2 Å². The number of hydrogen-bond donors (Lipinski definition) is 1. The number of rotatable bonds is 6. The van der Waals surface area contributed by atoms with E-state index >= 15 is 0 Å². The third kappa shape index (κ3) is 5.03. The van der Waals surface area contributed by atoms with E-state index in [1.165, 1.54) is 22.0 Å². The van der Waals surface area contributed by atoms with Crippen molar-refractivity contribution in [3.8, 4) is 0 Å². The van der Waals surface area contributed by atoms with Gasteiger partial charge in [-0.25, -0.2) is 8.42 Å². The normalized spacial score (nSPS) is 16.9. The van der Waals surface area contributed by atoms with Gasteiger partial charge < -0.3 is 10.2 Å². The smallest absolute Gasteiger partial charge is 0.251 e. The Hall–Kier alpha value is -1.93. The molecule has 6 nitrogen and oxygen atoms in total. The number of aryl methyl sites for hydroxylation is 1. The number of sulfonamides is 1. The summed E-state index contributed by atoms with van der Waals surface area (Å²) in [5, 5.41) is 3.06. The van der Waals surface area contributed by atoms with Gasteiger partial charge in [0.05, 0.1) is 11.1 Å². The molecule has 1 atom stereocenters. The molecule has 1 saturated heterocycles. The van der Waals surface area contributed by atoms with Gasteiger partial charge >= 0.3 is 0 Å². The van der Waals surface area contributed by atoms with Crippen LogP contribution in [-0.4, -0.2) is 56.8 Å². The average molecular weight is 450 g/mol. The summed E-state index contributed by atoms with van der Waals surface area (Å²) in [6.45, 7) is 6.11. The molecule has 0 aromatic heterocycles. The first-order valence-corrected chi connectivity index (χ1v) is 11.9. The molecular formula is C22H28ClN3O3S. The zero-order chi connectivity index (χ0) is 21.9. The van der Waals surface area contributed by atoms with Crippen molar-refractivity contribution in [2.45, 2.75) is 31.2 Å². The predicted molar refractivity (Wildman–Crippen MR) is 119 cm³/mol. The highest BCUT2D eigenvalue weighted by molar-refractivity contribution is 7.89. The molecule has 0 spiro atoms. The van der Waals surface area contributed by atoms with E-state index in [9.17, 15) is 13.2 Å². The van der Waals surface area contributed by atoms with Crippen LogP contribution in [0.2, 0.25) is 5.02 Å². The molecule has 0 aliphatic carbocycles. The van der Waals surface area contributed by atoms with Gasteiger partial charge in [-0.15, -0.1) is 0 Å². The molecule has 2 aromatic rings. The Bertz CT molecular complexity index is 1000. The van der Waals surface area contributed by atoms with Crippen molar-refractivity contribution in [3.05, 3.63) is 64.2 Å². The van der Waals surface area contributed by atoms with E-state index < -0.39 is 10.0 Å². The van der Waals surface area contributed by atoms with Crippen LogP contribution < -0.4 is 5.32 Å². The number of carbonyl (C=O) groups excluding carboxylic acids is 1. The quantitative estimate of drug-likeness (QED) is 0.734. The number of hydrogen-bond acceptors (Lipinski definition) is 4. The van der Waals surface area contributed by atoms with Crippen LogP contribution in [-0.2, 0) is 16.4 Å². The number of nitrogens with zero attached hydrogens (tertiary/aromatic N) is 2. The first-order valence-electron chi connectivity index (χ1n) is 10.1. The largest absolute Gasteiger partial charge is 0.346 e. The topological polar surface area (TPSA) is 69.7 Å². The van der Waals surface area contributed by atoms with Crippen molar-refractivity contribution in [1.82, 2.24) is 14.5 Å². The fraction of sp³-hybridized carbons (Fsp3) is 0.409. The molecule has 1 N–H and O–H groups in total. The van der Waals surface area contributed by atoms with Gasteiger partial charge in [0.15, 0.2) is 0 Å². The lowest BCUT2D eigenvalue weighted by molar-refractivity contribution is 0.0939. The molecule has 1 heterocycles. The lowest BCUT2D eigenvalue weighted by atomic mass is 10.0. The Balaban J connectivity index is 1.79. The molecule has 3 rings (SSSR count). The van der Waals surface area contributed by atoms with Gasteiger partial charge in [-0.05, 0) is 49.7 Å². The monoisotopic (exact) mass is 449 g/mol. The lowest BCUT2D eigenvalue weighted by Gasteiger charge is -2.31. The average Bonchev–Trinajstić information content (AvgIpc) is 2.74. The SMILES string of the molecule is CCc1ccc([C@@H](C)NC(=O)c2ccc(Cl)c(S(=O)(=O)N3CCN(C)CC3)c2)cc1. The zero-order valence-electron chi connectivity index (χ0n) is 17.6. The summed E-state index contributed by atoms with van der Waals surface area (Å²) in [7, 11) is -1.81. The van der Waals surface area contributed by atoms with Crippen LogP contribution in [0.25, 0.3) is 0 Å². The minimum Gasteiger partial charge on any atom is -0.346 e. The molecule has 1 fully saturated rings. The Morgan fingerprint density at radius 2 is 1.73 bits per heavy atom. The van der Waals surface area contributed by atoms with Gasteiger partial charge in [0.2, 0.25) is 10.0 Å². The van der Waals surface area contributed by atoms with Crippen LogP contribution >= 0.6 is 11.6 Å². The van der Waals surface area contributed by atoms with Gasteiger partial charge in [-0.1, -0.05) is 42.8 Å². The lowest BCUT2D eigenvalue weighted by Crippen LogP contribution is -2.47. The number of halogens is 1. The van der Waals surface area contributed by atoms with E-state index in [1.807, 2.05) is 38.2 Å². The van der Waals surface area contributed by atoms with Crippen molar-refractivity contribution < 1.29 is 13.2 Å². The number of amides is 1. The van der Waals surface area contributed by atoms with Crippen LogP contribution in [0.15, 0.2) is 47.4 Å². The highest BCUT2D eigenvalue weighted by atomic mass is 35.5. The Kier molecular flexibility index (Phi) is 7.18. The highest BCUT2D eigenvalue weighted by Crippen LogP contribution is 2.27. The molecular weight excluding hydrogens is 422 g/mol. The zero-order valence-corrected chi connectivity index (χ0v) is 19.1. The molecule has 1 aliphatic rings. The number of nitrogens with one attached hydrogen (secondary N) is 1. The van der Waals surface area contributed by atoms with E-state index in [-0.39, 0.29) is 27.4 Å². The molecule has 0 radical (unpaired) electrons. The molecule has 1 amide bonds. The summed E-state index contributed by atoms with van der Waals surface area (Å²) in [5.41, 5.74) is 2.48. The maximum Gasteiger partial charge on any atom is 0.251 e. The molecule has 0 bridgehead atoms. The van der Waals surface area contributed by atoms with Crippen LogP contribution in [0.1, 0.15) is 41.4 Å². The van der Waals surface area contributed by atoms with Crippen LogP contribution in [0.3, 0.4) is 0 Å². The number of likely N-dealkylation sites (N-methyl/N-ethyl adjacent to an activating group) is 1. The van der Waals surface area contributed by atoms with Gasteiger partial charge in [0.25, 0.3) is 5.91 Å². The van der Waals surface area contributed by atoms with Gasteiger partial charge in [0, 0.05) is 31.7 Å². The van der Waals surface area contributed by atoms with Crippen LogP contribution in [0.5, 0.6) is 0 Å². The maximum atomic E-state index is 13.1. The standard InChI is InChI=1S/C22H28ClN3O3S/c1-4-17-5-7-18(8-6-17)16(2)24-22(27)19-9-10-20(23)21(15-19)30(28,29)26-13-11-25(3)12-14-26/h5-10,15-16H,4,11-14H2,1-3H3,(H,24,27)/t16-/m1/s1. The third-order valence-corrected chi connectivity index (χ3v) is 7.89. The molecule has 0 saturated carbocycles. The Morgan fingerprint density at radius 1 is 1.10 bits per heavy atom. The second-order valence-corrected chi connectivity index (χ2v) is 9.96. The summed E-state index contributed by atoms with van der Waals surface area (Å²) in [6, 6.07) is 12.3. The minimum absolute atomic E-state index is 0.0266. The van der Waals surface area contributed by atoms with Crippen molar-refractivity contribution in [1.29, 1.82) is 0 Å². The first-order chi connectivity index (χ1) is 14.2. The van der Waals surface area contributed by atoms with Crippen molar-refractivity contribution in [2.24, 2.45) is 0 Å². The maximum absolute atomic E-state index is 13.1. The highest BCUT2D eigenvalue weighted by Gasteiger charge is 2.30.